The van der Waals surface area contributed by atoms with E-state index in [1.165, 1.54) is 11.1 Å². The van der Waals surface area contributed by atoms with E-state index < -0.39 is 0 Å². The van der Waals surface area contributed by atoms with E-state index in [0.29, 0.717) is 25.8 Å². The largest absolute Gasteiger partial charge is 0.409 e. The molecule has 1 aromatic carbocycles. The number of amides is 1. The zero-order valence-electron chi connectivity index (χ0n) is 11.2. The van der Waals surface area contributed by atoms with Gasteiger partial charge in [-0.05, 0) is 30.9 Å². The molecule has 1 amide bonds. The summed E-state index contributed by atoms with van der Waals surface area (Å²) >= 11 is 0. The Hall–Kier alpha value is -2.04. The molecule has 0 aromatic heterocycles. The second kappa shape index (κ2) is 8.13. The molecule has 0 saturated carbocycles. The van der Waals surface area contributed by atoms with Gasteiger partial charge in [-0.1, -0.05) is 29.4 Å². The van der Waals surface area contributed by atoms with Gasteiger partial charge in [0.15, 0.2) is 0 Å². The second-order valence-electron chi connectivity index (χ2n) is 4.47. The Balaban J connectivity index is 2.20. The number of amidine groups is 1. The number of nitrogens with one attached hydrogen (secondary N) is 1. The van der Waals surface area contributed by atoms with Gasteiger partial charge in [0.05, 0.1) is 0 Å². The van der Waals surface area contributed by atoms with Gasteiger partial charge < -0.3 is 16.3 Å². The molecule has 0 aliphatic rings. The molecular formula is C14H21N3O2. The van der Waals surface area contributed by atoms with Crippen LogP contribution in [0, 0.1) is 6.92 Å². The number of benzene rings is 1. The fourth-order valence-corrected chi connectivity index (χ4v) is 1.77. The Kier molecular flexibility index (Phi) is 6.43. The lowest BCUT2D eigenvalue weighted by Gasteiger charge is -2.06. The average molecular weight is 263 g/mol. The fourth-order valence-electron chi connectivity index (χ4n) is 1.77. The molecule has 0 saturated heterocycles. The monoisotopic (exact) mass is 263 g/mol. The minimum atomic E-state index is 0.0303. The lowest BCUT2D eigenvalue weighted by molar-refractivity contribution is -0.121. The van der Waals surface area contributed by atoms with E-state index in [0.717, 1.165) is 6.42 Å². The highest BCUT2D eigenvalue weighted by Gasteiger charge is 2.03. The number of aryl methyl sites for hydroxylation is 2. The molecule has 0 aliphatic heterocycles. The van der Waals surface area contributed by atoms with Gasteiger partial charge in [0.25, 0.3) is 0 Å². The molecule has 0 radical (unpaired) electrons. The summed E-state index contributed by atoms with van der Waals surface area (Å²) in [5.41, 5.74) is 7.74. The van der Waals surface area contributed by atoms with Gasteiger partial charge in [0, 0.05) is 19.4 Å². The normalized spacial score (nSPS) is 11.3. The molecule has 0 aliphatic carbocycles. The molecule has 1 rings (SSSR count). The molecule has 0 heterocycles. The molecule has 104 valence electrons. The van der Waals surface area contributed by atoms with Crippen molar-refractivity contribution in [3.8, 4) is 0 Å². The number of hydrogen-bond acceptors (Lipinski definition) is 3. The van der Waals surface area contributed by atoms with E-state index in [9.17, 15) is 4.79 Å². The second-order valence-corrected chi connectivity index (χ2v) is 4.47. The summed E-state index contributed by atoms with van der Waals surface area (Å²) in [5.74, 6) is 0.219. The standard InChI is InChI=1S/C14H21N3O2/c1-11-5-2-3-6-12(11)8-9-14(18)16-10-4-7-13(15)17-19/h2-3,5-6,19H,4,7-10H2,1H3,(H2,15,17)(H,16,18). The SMILES string of the molecule is Cc1ccccc1CCC(=O)NCCCC(N)=NO. The van der Waals surface area contributed by atoms with Crippen LogP contribution in [0.4, 0.5) is 0 Å². The topological polar surface area (TPSA) is 87.7 Å². The quantitative estimate of drug-likeness (QED) is 0.229. The van der Waals surface area contributed by atoms with E-state index in [1.807, 2.05) is 31.2 Å². The third-order valence-electron chi connectivity index (χ3n) is 2.94. The van der Waals surface area contributed by atoms with Gasteiger partial charge in [0.2, 0.25) is 5.91 Å². The van der Waals surface area contributed by atoms with Crippen molar-refractivity contribution in [1.29, 1.82) is 0 Å². The summed E-state index contributed by atoms with van der Waals surface area (Å²) in [7, 11) is 0. The molecular weight excluding hydrogens is 242 g/mol. The van der Waals surface area contributed by atoms with Gasteiger partial charge in [-0.25, -0.2) is 0 Å². The summed E-state index contributed by atoms with van der Waals surface area (Å²) in [4.78, 5) is 11.6. The molecule has 0 fully saturated rings. The van der Waals surface area contributed by atoms with E-state index in [1.54, 1.807) is 0 Å². The fraction of sp³-hybridized carbons (Fsp3) is 0.429. The maximum Gasteiger partial charge on any atom is 0.220 e. The first-order valence-corrected chi connectivity index (χ1v) is 6.41. The maximum atomic E-state index is 11.6. The number of oxime groups is 1. The van der Waals surface area contributed by atoms with Crippen molar-refractivity contribution in [3.63, 3.8) is 0 Å². The molecule has 0 atom stereocenters. The lowest BCUT2D eigenvalue weighted by Crippen LogP contribution is -2.25. The van der Waals surface area contributed by atoms with Crippen LogP contribution in [-0.2, 0) is 11.2 Å². The number of nitrogens with two attached hydrogens (primary N) is 1. The van der Waals surface area contributed by atoms with Crippen LogP contribution in [0.1, 0.15) is 30.4 Å². The van der Waals surface area contributed by atoms with E-state index in [4.69, 9.17) is 10.9 Å². The highest BCUT2D eigenvalue weighted by Crippen LogP contribution is 2.09. The predicted molar refractivity (Wildman–Crippen MR) is 75.2 cm³/mol. The molecule has 4 N–H and O–H groups in total. The first kappa shape index (κ1) is 15.0. The van der Waals surface area contributed by atoms with Crippen molar-refractivity contribution in [2.45, 2.75) is 32.6 Å². The van der Waals surface area contributed by atoms with E-state index >= 15 is 0 Å². The van der Waals surface area contributed by atoms with E-state index in [-0.39, 0.29) is 11.7 Å². The smallest absolute Gasteiger partial charge is 0.220 e. The van der Waals surface area contributed by atoms with Gasteiger partial charge >= 0.3 is 0 Å². The van der Waals surface area contributed by atoms with Crippen molar-refractivity contribution in [2.75, 3.05) is 6.54 Å². The van der Waals surface area contributed by atoms with Crippen molar-refractivity contribution >= 4 is 11.7 Å². The first-order valence-electron chi connectivity index (χ1n) is 6.41. The molecule has 5 nitrogen and oxygen atoms in total. The summed E-state index contributed by atoms with van der Waals surface area (Å²) < 4.78 is 0. The van der Waals surface area contributed by atoms with E-state index in [2.05, 4.69) is 10.5 Å². The highest BCUT2D eigenvalue weighted by molar-refractivity contribution is 5.79. The van der Waals surface area contributed by atoms with Crippen molar-refractivity contribution in [1.82, 2.24) is 5.32 Å². The summed E-state index contributed by atoms with van der Waals surface area (Å²) in [6, 6.07) is 8.06. The minimum absolute atomic E-state index is 0.0303. The predicted octanol–water partition coefficient (Wildman–Crippen LogP) is 1.57. The Labute approximate surface area is 113 Å². The Bertz CT molecular complexity index is 444. The number of carbonyl (C=O) groups is 1. The zero-order valence-corrected chi connectivity index (χ0v) is 11.2. The van der Waals surface area contributed by atoms with Crippen LogP contribution in [0.15, 0.2) is 29.4 Å². The lowest BCUT2D eigenvalue weighted by atomic mass is 10.0. The van der Waals surface area contributed by atoms with Gasteiger partial charge in [-0.3, -0.25) is 4.79 Å². The number of hydrogen-bond donors (Lipinski definition) is 3. The van der Waals surface area contributed by atoms with Gasteiger partial charge in [-0.15, -0.1) is 0 Å². The molecule has 19 heavy (non-hydrogen) atoms. The van der Waals surface area contributed by atoms with Crippen LogP contribution in [0.25, 0.3) is 0 Å². The van der Waals surface area contributed by atoms with Gasteiger partial charge in [-0.2, -0.15) is 0 Å². The summed E-state index contributed by atoms with van der Waals surface area (Å²) in [6.07, 6.45) is 2.38. The first-order chi connectivity index (χ1) is 9.13. The van der Waals surface area contributed by atoms with Crippen LogP contribution < -0.4 is 11.1 Å². The Morgan fingerprint density at radius 3 is 2.79 bits per heavy atom. The molecule has 0 spiro atoms. The maximum absolute atomic E-state index is 11.6. The molecule has 0 unspecified atom stereocenters. The zero-order chi connectivity index (χ0) is 14.1. The van der Waals surface area contributed by atoms with Crippen molar-refractivity contribution in [2.24, 2.45) is 10.9 Å². The molecule has 0 bridgehead atoms. The van der Waals surface area contributed by atoms with Crippen molar-refractivity contribution < 1.29 is 10.0 Å². The third-order valence-corrected chi connectivity index (χ3v) is 2.94. The van der Waals surface area contributed by atoms with Crippen LogP contribution in [0.5, 0.6) is 0 Å². The summed E-state index contributed by atoms with van der Waals surface area (Å²) in [5, 5.41) is 14.0. The van der Waals surface area contributed by atoms with Crippen LogP contribution in [-0.4, -0.2) is 23.5 Å². The number of nitrogens with zero attached hydrogens (tertiary/aromatic N) is 1. The summed E-state index contributed by atoms with van der Waals surface area (Å²) in [6.45, 7) is 2.59. The molecule has 1 aromatic rings. The third kappa shape index (κ3) is 5.90. The van der Waals surface area contributed by atoms with Crippen LogP contribution in [0.2, 0.25) is 0 Å². The Morgan fingerprint density at radius 2 is 2.11 bits per heavy atom. The Morgan fingerprint density at radius 1 is 1.37 bits per heavy atom. The highest BCUT2D eigenvalue weighted by atomic mass is 16.4. The van der Waals surface area contributed by atoms with Gasteiger partial charge in [0.1, 0.15) is 5.84 Å². The van der Waals surface area contributed by atoms with Crippen LogP contribution >= 0.6 is 0 Å². The number of carbonyl (C=O) groups excluding carboxylic acids is 1. The minimum Gasteiger partial charge on any atom is -0.409 e. The van der Waals surface area contributed by atoms with Crippen molar-refractivity contribution in [3.05, 3.63) is 35.4 Å². The molecule has 5 heteroatoms. The number of rotatable bonds is 7. The average Bonchev–Trinajstić information content (AvgIpc) is 2.42. The van der Waals surface area contributed by atoms with Crippen LogP contribution in [0.3, 0.4) is 0 Å².